The van der Waals surface area contributed by atoms with E-state index in [4.69, 9.17) is 5.11 Å². The summed E-state index contributed by atoms with van der Waals surface area (Å²) in [6.07, 6.45) is 0. The Bertz CT molecular complexity index is 384. The molecule has 0 aromatic heterocycles. The van der Waals surface area contributed by atoms with Gasteiger partial charge in [0, 0.05) is 11.6 Å². The quantitative estimate of drug-likeness (QED) is 0.787. The topological polar surface area (TPSA) is 32.3 Å². The molecule has 0 saturated carbocycles. The zero-order chi connectivity index (χ0) is 13.1. The Morgan fingerprint density at radius 2 is 2.00 bits per heavy atom. The Morgan fingerprint density at radius 1 is 1.35 bits per heavy atom. The summed E-state index contributed by atoms with van der Waals surface area (Å²) in [6, 6.07) is 2.06. The highest BCUT2D eigenvalue weighted by Crippen LogP contribution is 2.19. The van der Waals surface area contributed by atoms with Crippen molar-refractivity contribution in [1.82, 2.24) is 5.32 Å². The number of aliphatic hydroxyl groups is 1. The molecule has 0 bridgehead atoms. The minimum Gasteiger partial charge on any atom is -0.390 e. The van der Waals surface area contributed by atoms with Gasteiger partial charge in [0.15, 0.2) is 0 Å². The monoisotopic (exact) mass is 251 g/mol. The Balaban J connectivity index is 2.70. The van der Waals surface area contributed by atoms with Crippen molar-refractivity contribution in [2.24, 2.45) is 0 Å². The maximum atomic E-state index is 13.3. The Hall–Kier alpha value is -1.14. The van der Waals surface area contributed by atoms with Gasteiger partial charge in [-0.15, -0.1) is 0 Å². The van der Waals surface area contributed by atoms with E-state index in [1.165, 1.54) is 6.92 Å². The van der Waals surface area contributed by atoms with Crippen molar-refractivity contribution in [3.05, 3.63) is 35.4 Å². The third kappa shape index (κ3) is 3.98. The van der Waals surface area contributed by atoms with Crippen LogP contribution in [0.3, 0.4) is 0 Å². The van der Waals surface area contributed by atoms with Crippen LogP contribution < -0.4 is 5.32 Å². The second kappa shape index (κ2) is 5.46. The average Bonchev–Trinajstić information content (AvgIpc) is 2.29. The zero-order valence-electron chi connectivity index (χ0n) is 9.18. The van der Waals surface area contributed by atoms with Crippen molar-refractivity contribution in [2.45, 2.75) is 18.9 Å². The molecule has 0 aliphatic carbocycles. The summed E-state index contributed by atoms with van der Waals surface area (Å²) in [4.78, 5) is 0. The number of nitrogens with one attached hydrogen (secondary N) is 1. The Morgan fingerprint density at radius 3 is 2.59 bits per heavy atom. The molecule has 1 unspecified atom stereocenters. The number of halogens is 4. The van der Waals surface area contributed by atoms with Crippen molar-refractivity contribution in [3.8, 4) is 0 Å². The lowest BCUT2D eigenvalue weighted by molar-refractivity contribution is -0.0491. The predicted molar refractivity (Wildman–Crippen MR) is 54.8 cm³/mol. The molecule has 1 aromatic carbocycles. The molecule has 0 aliphatic heterocycles. The van der Waals surface area contributed by atoms with E-state index < -0.39 is 36.8 Å². The Kier molecular flexibility index (Phi) is 4.47. The van der Waals surface area contributed by atoms with Gasteiger partial charge in [-0.3, -0.25) is 0 Å². The van der Waals surface area contributed by atoms with Crippen molar-refractivity contribution >= 4 is 0 Å². The first-order valence-electron chi connectivity index (χ1n) is 5.03. The summed E-state index contributed by atoms with van der Waals surface area (Å²) in [7, 11) is 0. The summed E-state index contributed by atoms with van der Waals surface area (Å²) in [5, 5.41) is 10.7. The van der Waals surface area contributed by atoms with E-state index in [0.717, 1.165) is 18.2 Å². The number of hydrogen-bond acceptors (Lipinski definition) is 2. The predicted octanol–water partition coefficient (Wildman–Crippen LogP) is 2.24. The van der Waals surface area contributed by atoms with Gasteiger partial charge in [0.1, 0.15) is 18.2 Å². The van der Waals surface area contributed by atoms with Crippen molar-refractivity contribution in [1.29, 1.82) is 0 Å². The molecule has 0 aliphatic rings. The molecule has 1 atom stereocenters. The van der Waals surface area contributed by atoms with Gasteiger partial charge in [-0.2, -0.15) is 0 Å². The highest BCUT2D eigenvalue weighted by molar-refractivity contribution is 5.21. The number of hydrogen-bond donors (Lipinski definition) is 2. The zero-order valence-corrected chi connectivity index (χ0v) is 9.18. The van der Waals surface area contributed by atoms with E-state index in [9.17, 15) is 17.6 Å². The van der Waals surface area contributed by atoms with Crippen molar-refractivity contribution < 1.29 is 22.7 Å². The van der Waals surface area contributed by atoms with Crippen LogP contribution in [0.2, 0.25) is 0 Å². The minimum absolute atomic E-state index is 0.0289. The van der Waals surface area contributed by atoms with Gasteiger partial charge in [-0.05, 0) is 25.1 Å². The molecule has 2 nitrogen and oxygen atoms in total. The molecule has 0 radical (unpaired) electrons. The maximum absolute atomic E-state index is 13.3. The van der Waals surface area contributed by atoms with Crippen LogP contribution >= 0.6 is 0 Å². The van der Waals surface area contributed by atoms with Crippen LogP contribution in [0.5, 0.6) is 0 Å². The normalized spacial score (nSPS) is 13.8. The summed E-state index contributed by atoms with van der Waals surface area (Å²) in [5.74, 6) is -4.58. The first kappa shape index (κ1) is 13.9. The second-order valence-electron chi connectivity index (χ2n) is 3.78. The van der Waals surface area contributed by atoms with Crippen LogP contribution in [0, 0.1) is 11.6 Å². The smallest absolute Gasteiger partial charge is 0.282 e. The first-order valence-corrected chi connectivity index (χ1v) is 5.03. The van der Waals surface area contributed by atoms with Gasteiger partial charge in [-0.1, -0.05) is 0 Å². The molecule has 1 rings (SSSR count). The number of benzene rings is 1. The summed E-state index contributed by atoms with van der Waals surface area (Å²) < 4.78 is 51.6. The maximum Gasteiger partial charge on any atom is 0.282 e. The van der Waals surface area contributed by atoms with Crippen LogP contribution in [-0.2, 0) is 0 Å². The summed E-state index contributed by atoms with van der Waals surface area (Å²) in [5.41, 5.74) is -0.0289. The average molecular weight is 251 g/mol. The van der Waals surface area contributed by atoms with Gasteiger partial charge in [-0.25, -0.2) is 17.6 Å². The molecule has 0 fully saturated rings. The first-order chi connectivity index (χ1) is 7.85. The minimum atomic E-state index is -3.28. The van der Waals surface area contributed by atoms with Crippen LogP contribution in [0.4, 0.5) is 17.6 Å². The van der Waals surface area contributed by atoms with Gasteiger partial charge < -0.3 is 10.4 Å². The highest BCUT2D eigenvalue weighted by Gasteiger charge is 2.28. The molecule has 2 N–H and O–H groups in total. The lowest BCUT2D eigenvalue weighted by Crippen LogP contribution is -2.37. The van der Waals surface area contributed by atoms with E-state index in [1.54, 1.807) is 0 Å². The van der Waals surface area contributed by atoms with Crippen LogP contribution in [0.15, 0.2) is 18.2 Å². The van der Waals surface area contributed by atoms with Gasteiger partial charge in [0.2, 0.25) is 0 Å². The molecule has 1 aromatic rings. The largest absolute Gasteiger partial charge is 0.390 e. The highest BCUT2D eigenvalue weighted by atomic mass is 19.3. The van der Waals surface area contributed by atoms with Gasteiger partial charge in [0.05, 0.1) is 6.54 Å². The van der Waals surface area contributed by atoms with Crippen molar-refractivity contribution in [2.75, 3.05) is 13.2 Å². The third-order valence-electron chi connectivity index (χ3n) is 2.32. The van der Waals surface area contributed by atoms with E-state index in [-0.39, 0.29) is 5.56 Å². The SMILES string of the molecule is CC(NCC(F)(F)CO)c1cc(F)ccc1F. The fraction of sp³-hybridized carbons (Fsp3) is 0.455. The molecular weight excluding hydrogens is 238 g/mol. The summed E-state index contributed by atoms with van der Waals surface area (Å²) >= 11 is 0. The van der Waals surface area contributed by atoms with E-state index in [0.29, 0.717) is 0 Å². The molecule has 0 spiro atoms. The number of aliphatic hydroxyl groups excluding tert-OH is 1. The van der Waals surface area contributed by atoms with Gasteiger partial charge >= 0.3 is 0 Å². The molecular formula is C11H13F4NO. The van der Waals surface area contributed by atoms with Crippen LogP contribution in [0.1, 0.15) is 18.5 Å². The number of rotatable bonds is 5. The van der Waals surface area contributed by atoms with E-state index >= 15 is 0 Å². The second-order valence-corrected chi connectivity index (χ2v) is 3.78. The number of alkyl halides is 2. The standard InChI is InChI=1S/C11H13F4NO/c1-7(16-5-11(14,15)6-17)9-4-8(12)2-3-10(9)13/h2-4,7,16-17H,5-6H2,1H3. The van der Waals surface area contributed by atoms with E-state index in [2.05, 4.69) is 5.32 Å². The van der Waals surface area contributed by atoms with Crippen LogP contribution in [-0.4, -0.2) is 24.2 Å². The lowest BCUT2D eigenvalue weighted by Gasteiger charge is -2.19. The van der Waals surface area contributed by atoms with Crippen molar-refractivity contribution in [3.63, 3.8) is 0 Å². The third-order valence-corrected chi connectivity index (χ3v) is 2.32. The molecule has 0 saturated heterocycles. The Labute approximate surface area is 96.3 Å². The molecule has 0 amide bonds. The van der Waals surface area contributed by atoms with Gasteiger partial charge in [0.25, 0.3) is 5.92 Å². The fourth-order valence-electron chi connectivity index (χ4n) is 1.31. The van der Waals surface area contributed by atoms with Crippen LogP contribution in [0.25, 0.3) is 0 Å². The molecule has 17 heavy (non-hydrogen) atoms. The lowest BCUT2D eigenvalue weighted by atomic mass is 10.1. The molecule has 96 valence electrons. The molecule has 6 heteroatoms. The summed E-state index contributed by atoms with van der Waals surface area (Å²) in [6.45, 7) is -0.662. The fourth-order valence-corrected chi connectivity index (χ4v) is 1.31. The van der Waals surface area contributed by atoms with E-state index in [1.807, 2.05) is 0 Å². The molecule has 0 heterocycles.